The van der Waals surface area contributed by atoms with E-state index in [9.17, 15) is 8.42 Å². The highest BCUT2D eigenvalue weighted by atomic mass is 33.1. The number of hydrogen-bond donors (Lipinski definition) is 1. The third-order valence-corrected chi connectivity index (χ3v) is 2.92. The van der Waals surface area contributed by atoms with Crippen LogP contribution in [0.5, 0.6) is 0 Å². The fourth-order valence-corrected chi connectivity index (χ4v) is 1.80. The lowest BCUT2D eigenvalue weighted by atomic mass is 10.3. The van der Waals surface area contributed by atoms with E-state index in [4.69, 9.17) is 9.81 Å². The van der Waals surface area contributed by atoms with Gasteiger partial charge < -0.3 is 0 Å². The minimum absolute atomic E-state index is 0.106. The summed E-state index contributed by atoms with van der Waals surface area (Å²) in [6.07, 6.45) is 0. The second kappa shape index (κ2) is 3.81. The molecule has 0 aromatic carbocycles. The second-order valence-electron chi connectivity index (χ2n) is 1.74. The molecule has 0 fully saturated rings. The van der Waals surface area contributed by atoms with Gasteiger partial charge >= 0.3 is 9.15 Å². The van der Waals surface area contributed by atoms with Crippen LogP contribution in [0.2, 0.25) is 0 Å². The molecule has 0 bridgehead atoms. The van der Waals surface area contributed by atoms with Gasteiger partial charge in [0.05, 0.1) is 12.0 Å². The van der Waals surface area contributed by atoms with Gasteiger partial charge in [0.15, 0.2) is 0 Å². The van der Waals surface area contributed by atoms with Gasteiger partial charge in [-0.05, 0) is 17.7 Å². The van der Waals surface area contributed by atoms with E-state index in [2.05, 4.69) is 0 Å². The summed E-state index contributed by atoms with van der Waals surface area (Å²) in [7, 11) is -3.59. The summed E-state index contributed by atoms with van der Waals surface area (Å²) in [4.78, 5) is 0. The molecule has 0 aromatic heterocycles. The quantitative estimate of drug-likeness (QED) is 0.511. The van der Waals surface area contributed by atoms with Gasteiger partial charge in [-0.3, -0.25) is 4.55 Å². The number of nitrogens with zero attached hydrogens (tertiary/aromatic N) is 1. The van der Waals surface area contributed by atoms with Crippen LogP contribution in [0, 0.1) is 17.2 Å². The van der Waals surface area contributed by atoms with Gasteiger partial charge in [-0.25, -0.2) is 0 Å². The molecular formula is C4H7NO3S2. The Morgan fingerprint density at radius 3 is 2.60 bits per heavy atom. The Morgan fingerprint density at radius 2 is 2.30 bits per heavy atom. The average Bonchev–Trinajstić information content (AvgIpc) is 1.81. The van der Waals surface area contributed by atoms with Gasteiger partial charge in [0.25, 0.3) is 0 Å². The standard InChI is InChI=1S/C4H7NO3S2/c1-4(2-5)3-9-10(6,7)8/h4H,3H2,1H3,(H,6,7,8)/t4-/m0/s1. The Balaban J connectivity index is 3.70. The van der Waals surface area contributed by atoms with Crippen molar-refractivity contribution < 1.29 is 13.0 Å². The Morgan fingerprint density at radius 1 is 1.80 bits per heavy atom. The Kier molecular flexibility index (Phi) is 3.71. The zero-order chi connectivity index (χ0) is 8.20. The molecule has 0 aliphatic heterocycles. The third-order valence-electron chi connectivity index (χ3n) is 0.687. The molecular weight excluding hydrogens is 174 g/mol. The average molecular weight is 181 g/mol. The van der Waals surface area contributed by atoms with E-state index in [-0.39, 0.29) is 11.7 Å². The van der Waals surface area contributed by atoms with Crippen molar-refractivity contribution in [2.75, 3.05) is 5.75 Å². The molecule has 0 spiro atoms. The van der Waals surface area contributed by atoms with Gasteiger partial charge in [-0.2, -0.15) is 13.7 Å². The summed E-state index contributed by atoms with van der Waals surface area (Å²) in [5, 5.41) is 8.19. The lowest BCUT2D eigenvalue weighted by molar-refractivity contribution is 0.503. The molecule has 0 saturated carbocycles. The van der Waals surface area contributed by atoms with Crippen molar-refractivity contribution in [2.24, 2.45) is 5.92 Å². The predicted molar refractivity (Wildman–Crippen MR) is 38.8 cm³/mol. The van der Waals surface area contributed by atoms with E-state index >= 15 is 0 Å². The number of rotatable bonds is 3. The highest BCUT2D eigenvalue weighted by Crippen LogP contribution is 2.13. The van der Waals surface area contributed by atoms with Gasteiger partial charge in [0, 0.05) is 5.75 Å². The first kappa shape index (κ1) is 9.75. The van der Waals surface area contributed by atoms with Crippen LogP contribution in [-0.4, -0.2) is 18.7 Å². The first-order chi connectivity index (χ1) is 4.45. The molecule has 10 heavy (non-hydrogen) atoms. The van der Waals surface area contributed by atoms with Crippen molar-refractivity contribution in [3.63, 3.8) is 0 Å². The van der Waals surface area contributed by atoms with E-state index in [0.717, 1.165) is 0 Å². The summed E-state index contributed by atoms with van der Waals surface area (Å²) >= 11 is 0. The molecule has 0 aliphatic rings. The summed E-state index contributed by atoms with van der Waals surface area (Å²) < 4.78 is 28.3. The van der Waals surface area contributed by atoms with Crippen LogP contribution < -0.4 is 0 Å². The van der Waals surface area contributed by atoms with Crippen molar-refractivity contribution in [1.82, 2.24) is 0 Å². The minimum Gasteiger partial charge on any atom is -0.277 e. The predicted octanol–water partition coefficient (Wildman–Crippen LogP) is 0.682. The lowest BCUT2D eigenvalue weighted by Crippen LogP contribution is -1.98. The number of hydrogen-bond acceptors (Lipinski definition) is 4. The largest absolute Gasteiger partial charge is 0.319 e. The van der Waals surface area contributed by atoms with Crippen LogP contribution in [0.4, 0.5) is 0 Å². The van der Waals surface area contributed by atoms with E-state index in [1.54, 1.807) is 6.92 Å². The molecule has 4 nitrogen and oxygen atoms in total. The van der Waals surface area contributed by atoms with Gasteiger partial charge in [-0.15, -0.1) is 0 Å². The van der Waals surface area contributed by atoms with Crippen molar-refractivity contribution in [2.45, 2.75) is 6.92 Å². The summed E-state index contributed by atoms with van der Waals surface area (Å²) in [5.74, 6) is -0.248. The molecule has 0 aliphatic carbocycles. The minimum atomic E-state index is -3.96. The Labute approximate surface area is 63.4 Å². The van der Waals surface area contributed by atoms with Crippen LogP contribution in [0.3, 0.4) is 0 Å². The molecule has 0 aromatic rings. The normalized spacial score (nSPS) is 14.1. The highest BCUT2D eigenvalue weighted by molar-refractivity contribution is 8.69. The van der Waals surface area contributed by atoms with Gasteiger partial charge in [-0.1, -0.05) is 0 Å². The SMILES string of the molecule is C[C@@H](C#N)CSS(=O)(=O)O. The highest BCUT2D eigenvalue weighted by Gasteiger charge is 2.08. The smallest absolute Gasteiger partial charge is 0.277 e. The van der Waals surface area contributed by atoms with Crippen molar-refractivity contribution in [3.8, 4) is 6.07 Å². The Bertz CT molecular complexity index is 227. The fourth-order valence-electron chi connectivity index (χ4n) is 0.225. The van der Waals surface area contributed by atoms with Crippen molar-refractivity contribution in [1.29, 1.82) is 5.26 Å². The van der Waals surface area contributed by atoms with Crippen LogP contribution in [0.1, 0.15) is 6.92 Å². The van der Waals surface area contributed by atoms with E-state index < -0.39 is 9.15 Å². The monoisotopic (exact) mass is 181 g/mol. The second-order valence-corrected chi connectivity index (χ2v) is 5.14. The Hall–Kier alpha value is -0.250. The summed E-state index contributed by atoms with van der Waals surface area (Å²) in [6, 6.07) is 1.84. The molecule has 58 valence electrons. The first-order valence-corrected chi connectivity index (χ1v) is 5.41. The van der Waals surface area contributed by atoms with E-state index in [0.29, 0.717) is 10.8 Å². The van der Waals surface area contributed by atoms with Crippen LogP contribution >= 0.6 is 10.8 Å². The zero-order valence-corrected chi connectivity index (χ0v) is 6.94. The number of nitriles is 1. The third kappa shape index (κ3) is 5.88. The van der Waals surface area contributed by atoms with Crippen molar-refractivity contribution in [3.05, 3.63) is 0 Å². The van der Waals surface area contributed by atoms with Gasteiger partial charge in [0.2, 0.25) is 0 Å². The van der Waals surface area contributed by atoms with Crippen LogP contribution in [0.15, 0.2) is 0 Å². The van der Waals surface area contributed by atoms with E-state index in [1.807, 2.05) is 6.07 Å². The van der Waals surface area contributed by atoms with Gasteiger partial charge in [0.1, 0.15) is 0 Å². The molecule has 1 N–H and O–H groups in total. The molecule has 1 atom stereocenters. The van der Waals surface area contributed by atoms with Crippen molar-refractivity contribution >= 4 is 19.9 Å². The maximum Gasteiger partial charge on any atom is 0.319 e. The molecule has 0 amide bonds. The van der Waals surface area contributed by atoms with E-state index in [1.165, 1.54) is 0 Å². The molecule has 0 radical (unpaired) electrons. The first-order valence-electron chi connectivity index (χ1n) is 2.47. The van der Waals surface area contributed by atoms with Crippen LogP contribution in [0.25, 0.3) is 0 Å². The maximum atomic E-state index is 10.1. The maximum absolute atomic E-state index is 10.1. The fraction of sp³-hybridized carbons (Fsp3) is 0.750. The topological polar surface area (TPSA) is 78.2 Å². The molecule has 0 unspecified atom stereocenters. The zero-order valence-electron chi connectivity index (χ0n) is 5.31. The summed E-state index contributed by atoms with van der Waals surface area (Å²) in [6.45, 7) is 1.58. The molecule has 0 rings (SSSR count). The molecule has 0 heterocycles. The molecule has 0 saturated heterocycles. The lowest BCUT2D eigenvalue weighted by Gasteiger charge is -1.96. The molecule has 6 heteroatoms. The summed E-state index contributed by atoms with van der Waals surface area (Å²) in [5.41, 5.74) is 0. The van der Waals surface area contributed by atoms with Crippen LogP contribution in [-0.2, 0) is 9.15 Å².